The van der Waals surface area contributed by atoms with Crippen LogP contribution in [0.4, 0.5) is 0 Å². The predicted molar refractivity (Wildman–Crippen MR) is 93.3 cm³/mol. The van der Waals surface area contributed by atoms with E-state index in [9.17, 15) is 4.79 Å². The third-order valence-electron chi connectivity index (χ3n) is 3.41. The van der Waals surface area contributed by atoms with Gasteiger partial charge in [-0.2, -0.15) is 4.98 Å². The van der Waals surface area contributed by atoms with Crippen LogP contribution in [0.3, 0.4) is 0 Å². The number of amides is 1. The molecule has 0 unspecified atom stereocenters. The molecule has 0 bridgehead atoms. The fourth-order valence-electron chi connectivity index (χ4n) is 2.09. The summed E-state index contributed by atoms with van der Waals surface area (Å²) < 4.78 is 10.5. The first-order valence-electron chi connectivity index (χ1n) is 7.65. The summed E-state index contributed by atoms with van der Waals surface area (Å²) in [4.78, 5) is 16.1. The van der Waals surface area contributed by atoms with Crippen molar-refractivity contribution in [1.82, 2.24) is 15.5 Å². The first-order valence-corrected chi connectivity index (χ1v) is 8.03. The predicted octanol–water partition coefficient (Wildman–Crippen LogP) is 3.39. The van der Waals surface area contributed by atoms with Gasteiger partial charge < -0.3 is 14.6 Å². The number of ether oxygens (including phenoxy) is 1. The molecule has 0 spiro atoms. The summed E-state index contributed by atoms with van der Waals surface area (Å²) in [6.07, 6.45) is 0. The molecule has 0 radical (unpaired) electrons. The number of aromatic nitrogens is 2. The van der Waals surface area contributed by atoms with Gasteiger partial charge in [0, 0.05) is 5.56 Å². The van der Waals surface area contributed by atoms with E-state index in [-0.39, 0.29) is 19.1 Å². The molecule has 2 aromatic carbocycles. The average molecular weight is 358 g/mol. The number of carbonyl (C=O) groups is 1. The van der Waals surface area contributed by atoms with Crippen molar-refractivity contribution in [3.05, 3.63) is 65.0 Å². The Labute approximate surface area is 149 Å². The Morgan fingerprint density at radius 1 is 1.20 bits per heavy atom. The first kappa shape index (κ1) is 17.0. The van der Waals surface area contributed by atoms with E-state index in [1.54, 1.807) is 12.1 Å². The third-order valence-corrected chi connectivity index (χ3v) is 3.74. The zero-order chi connectivity index (χ0) is 17.6. The SMILES string of the molecule is Cc1ccc(OCC(=O)NCc2nc(-c3ccccc3Cl)no2)cc1. The number of benzene rings is 2. The topological polar surface area (TPSA) is 77.2 Å². The fraction of sp³-hybridized carbons (Fsp3) is 0.167. The van der Waals surface area contributed by atoms with Gasteiger partial charge >= 0.3 is 0 Å². The van der Waals surface area contributed by atoms with Crippen LogP contribution in [-0.2, 0) is 11.3 Å². The van der Waals surface area contributed by atoms with E-state index in [1.165, 1.54) is 0 Å². The van der Waals surface area contributed by atoms with Crippen molar-refractivity contribution in [3.8, 4) is 17.1 Å². The lowest BCUT2D eigenvalue weighted by atomic mass is 10.2. The second kappa shape index (κ2) is 7.81. The van der Waals surface area contributed by atoms with E-state index in [4.69, 9.17) is 20.9 Å². The van der Waals surface area contributed by atoms with Gasteiger partial charge in [0.25, 0.3) is 5.91 Å². The Morgan fingerprint density at radius 3 is 2.72 bits per heavy atom. The van der Waals surface area contributed by atoms with Gasteiger partial charge in [-0.1, -0.05) is 46.6 Å². The molecule has 6 nitrogen and oxygen atoms in total. The van der Waals surface area contributed by atoms with Crippen LogP contribution >= 0.6 is 11.6 Å². The molecular weight excluding hydrogens is 342 g/mol. The maximum absolute atomic E-state index is 11.8. The zero-order valence-corrected chi connectivity index (χ0v) is 14.3. The Balaban J connectivity index is 1.51. The minimum Gasteiger partial charge on any atom is -0.484 e. The number of hydrogen-bond acceptors (Lipinski definition) is 5. The zero-order valence-electron chi connectivity index (χ0n) is 13.5. The molecule has 3 rings (SSSR count). The van der Waals surface area contributed by atoms with Crippen LogP contribution in [0.5, 0.6) is 5.75 Å². The Hall–Kier alpha value is -2.86. The average Bonchev–Trinajstić information content (AvgIpc) is 3.08. The van der Waals surface area contributed by atoms with Crippen molar-refractivity contribution in [1.29, 1.82) is 0 Å². The van der Waals surface area contributed by atoms with Crippen molar-refractivity contribution in [2.45, 2.75) is 13.5 Å². The van der Waals surface area contributed by atoms with E-state index in [1.807, 2.05) is 43.3 Å². The summed E-state index contributed by atoms with van der Waals surface area (Å²) in [5.74, 6) is 1.03. The molecule has 25 heavy (non-hydrogen) atoms. The second-order valence-corrected chi connectivity index (χ2v) is 5.78. The summed E-state index contributed by atoms with van der Waals surface area (Å²) in [5.41, 5.74) is 1.80. The third kappa shape index (κ3) is 4.58. The molecule has 0 saturated heterocycles. The first-order chi connectivity index (χ1) is 12.1. The van der Waals surface area contributed by atoms with Gasteiger partial charge in [-0.05, 0) is 31.2 Å². The minimum atomic E-state index is -0.280. The van der Waals surface area contributed by atoms with Gasteiger partial charge in [-0.25, -0.2) is 0 Å². The highest BCUT2D eigenvalue weighted by atomic mass is 35.5. The van der Waals surface area contributed by atoms with E-state index in [0.29, 0.717) is 28.1 Å². The number of rotatable bonds is 6. The molecule has 0 aliphatic carbocycles. The highest BCUT2D eigenvalue weighted by Gasteiger charge is 2.12. The molecule has 0 saturated carbocycles. The molecule has 0 atom stereocenters. The van der Waals surface area contributed by atoms with Crippen molar-refractivity contribution in [3.63, 3.8) is 0 Å². The van der Waals surface area contributed by atoms with Crippen molar-refractivity contribution >= 4 is 17.5 Å². The van der Waals surface area contributed by atoms with E-state index >= 15 is 0 Å². The molecular formula is C18H16ClN3O3. The number of carbonyl (C=O) groups excluding carboxylic acids is 1. The van der Waals surface area contributed by atoms with E-state index in [2.05, 4.69) is 15.5 Å². The molecule has 1 heterocycles. The largest absolute Gasteiger partial charge is 0.484 e. The van der Waals surface area contributed by atoms with Gasteiger partial charge in [-0.3, -0.25) is 4.79 Å². The Morgan fingerprint density at radius 2 is 1.96 bits per heavy atom. The molecule has 1 aromatic heterocycles. The lowest BCUT2D eigenvalue weighted by molar-refractivity contribution is -0.123. The van der Waals surface area contributed by atoms with Crippen LogP contribution < -0.4 is 10.1 Å². The van der Waals surface area contributed by atoms with Gasteiger partial charge in [0.1, 0.15) is 5.75 Å². The fourth-order valence-corrected chi connectivity index (χ4v) is 2.31. The smallest absolute Gasteiger partial charge is 0.258 e. The molecule has 1 N–H and O–H groups in total. The van der Waals surface area contributed by atoms with Crippen LogP contribution in [0.25, 0.3) is 11.4 Å². The van der Waals surface area contributed by atoms with Crippen LogP contribution in [0.2, 0.25) is 5.02 Å². The lowest BCUT2D eigenvalue weighted by Gasteiger charge is -2.06. The Bertz CT molecular complexity index is 862. The van der Waals surface area contributed by atoms with Gasteiger partial charge in [-0.15, -0.1) is 0 Å². The number of nitrogens with zero attached hydrogens (tertiary/aromatic N) is 2. The van der Waals surface area contributed by atoms with E-state index < -0.39 is 0 Å². The lowest BCUT2D eigenvalue weighted by Crippen LogP contribution is -2.28. The highest BCUT2D eigenvalue weighted by Crippen LogP contribution is 2.24. The quantitative estimate of drug-likeness (QED) is 0.731. The summed E-state index contributed by atoms with van der Waals surface area (Å²) in [7, 11) is 0. The van der Waals surface area contributed by atoms with Crippen LogP contribution in [0.1, 0.15) is 11.5 Å². The van der Waals surface area contributed by atoms with Gasteiger partial charge in [0.15, 0.2) is 6.61 Å². The second-order valence-electron chi connectivity index (χ2n) is 5.37. The van der Waals surface area contributed by atoms with Crippen LogP contribution in [0.15, 0.2) is 53.1 Å². The Kier molecular flexibility index (Phi) is 5.30. The molecule has 3 aromatic rings. The summed E-state index contributed by atoms with van der Waals surface area (Å²) in [6.45, 7) is 2.01. The monoisotopic (exact) mass is 357 g/mol. The molecule has 1 amide bonds. The van der Waals surface area contributed by atoms with Crippen molar-refractivity contribution < 1.29 is 14.1 Å². The number of halogens is 1. The van der Waals surface area contributed by atoms with Crippen LogP contribution in [-0.4, -0.2) is 22.7 Å². The summed E-state index contributed by atoms with van der Waals surface area (Å²) >= 11 is 6.10. The maximum Gasteiger partial charge on any atom is 0.258 e. The maximum atomic E-state index is 11.8. The van der Waals surface area contributed by atoms with Gasteiger partial charge in [0.05, 0.1) is 11.6 Å². The molecule has 7 heteroatoms. The molecule has 0 aliphatic rings. The summed E-state index contributed by atoms with van der Waals surface area (Å²) in [5, 5.41) is 7.07. The normalized spacial score (nSPS) is 10.5. The molecule has 0 aliphatic heterocycles. The summed E-state index contributed by atoms with van der Waals surface area (Å²) in [6, 6.07) is 14.7. The van der Waals surface area contributed by atoms with E-state index in [0.717, 1.165) is 5.56 Å². The number of nitrogens with one attached hydrogen (secondary N) is 1. The molecule has 128 valence electrons. The number of hydrogen-bond donors (Lipinski definition) is 1. The number of aryl methyl sites for hydroxylation is 1. The van der Waals surface area contributed by atoms with Crippen molar-refractivity contribution in [2.75, 3.05) is 6.61 Å². The van der Waals surface area contributed by atoms with Crippen molar-refractivity contribution in [2.24, 2.45) is 0 Å². The minimum absolute atomic E-state index is 0.0887. The standard InChI is InChI=1S/C18H16ClN3O3/c1-12-6-8-13(9-7-12)24-11-16(23)20-10-17-21-18(22-25-17)14-4-2-3-5-15(14)19/h2-9H,10-11H2,1H3,(H,20,23). The highest BCUT2D eigenvalue weighted by molar-refractivity contribution is 6.33. The van der Waals surface area contributed by atoms with Gasteiger partial charge in [0.2, 0.25) is 11.7 Å². The molecule has 0 fully saturated rings. The van der Waals surface area contributed by atoms with Crippen LogP contribution in [0, 0.1) is 6.92 Å².